The summed E-state index contributed by atoms with van der Waals surface area (Å²) in [6.07, 6.45) is 1.89. The average molecular weight is 370 g/mol. The Morgan fingerprint density at radius 3 is 2.76 bits per heavy atom. The van der Waals surface area contributed by atoms with Gasteiger partial charge in [0.25, 0.3) is 5.56 Å². The molecule has 25 heavy (non-hydrogen) atoms. The Hall–Kier alpha value is -2.37. The van der Waals surface area contributed by atoms with Gasteiger partial charge in [-0.3, -0.25) is 9.36 Å². The number of benzene rings is 2. The topological polar surface area (TPSA) is 37.6 Å². The van der Waals surface area contributed by atoms with Crippen LogP contribution in [0.3, 0.4) is 0 Å². The fourth-order valence-electron chi connectivity index (χ4n) is 2.81. The molecule has 3 aromatic rings. The van der Waals surface area contributed by atoms with Crippen molar-refractivity contribution < 1.29 is 0 Å². The van der Waals surface area contributed by atoms with Crippen LogP contribution in [0, 0.1) is 6.92 Å². The Kier molecular flexibility index (Phi) is 4.19. The van der Waals surface area contributed by atoms with Crippen LogP contribution in [0.4, 0.5) is 5.69 Å². The third-order valence-corrected chi connectivity index (χ3v) is 5.41. The van der Waals surface area contributed by atoms with E-state index in [0.717, 1.165) is 16.1 Å². The molecule has 0 saturated heterocycles. The van der Waals surface area contributed by atoms with E-state index in [4.69, 9.17) is 11.6 Å². The highest BCUT2D eigenvalue weighted by Gasteiger charge is 2.15. The van der Waals surface area contributed by atoms with Gasteiger partial charge in [0.15, 0.2) is 4.80 Å². The summed E-state index contributed by atoms with van der Waals surface area (Å²) in [5.41, 5.74) is 3.22. The maximum absolute atomic E-state index is 12.8. The molecule has 0 amide bonds. The molecule has 0 bridgehead atoms. The molecule has 0 radical (unpaired) electrons. The lowest BCUT2D eigenvalue weighted by Gasteiger charge is -2.25. The first-order valence-electron chi connectivity index (χ1n) is 7.93. The maximum atomic E-state index is 12.8. The predicted octanol–water partition coefficient (Wildman–Crippen LogP) is 2.76. The molecule has 0 N–H and O–H groups in total. The second kappa shape index (κ2) is 6.50. The van der Waals surface area contributed by atoms with Gasteiger partial charge in [0.1, 0.15) is 13.3 Å². The summed E-state index contributed by atoms with van der Waals surface area (Å²) in [5.74, 6) is 0. The largest absolute Gasteiger partial charge is 0.334 e. The molecule has 6 heteroatoms. The second-order valence-electron chi connectivity index (χ2n) is 6.00. The van der Waals surface area contributed by atoms with Gasteiger partial charge < -0.3 is 4.90 Å². The van der Waals surface area contributed by atoms with Gasteiger partial charge in [-0.2, -0.15) is 0 Å². The number of aromatic nitrogens is 1. The van der Waals surface area contributed by atoms with Crippen molar-refractivity contribution in [3.05, 3.63) is 84.4 Å². The fourth-order valence-corrected chi connectivity index (χ4v) is 3.90. The van der Waals surface area contributed by atoms with Gasteiger partial charge in [0, 0.05) is 10.7 Å². The van der Waals surface area contributed by atoms with E-state index in [2.05, 4.69) is 28.9 Å². The highest BCUT2D eigenvalue weighted by molar-refractivity contribution is 7.07. The lowest BCUT2D eigenvalue weighted by Crippen LogP contribution is -2.42. The van der Waals surface area contributed by atoms with E-state index in [1.165, 1.54) is 16.9 Å². The van der Waals surface area contributed by atoms with Crippen molar-refractivity contribution in [2.24, 2.45) is 4.99 Å². The van der Waals surface area contributed by atoms with Gasteiger partial charge in [0.2, 0.25) is 0 Å². The molecular formula is C19H16ClN3OS. The number of aryl methyl sites for hydroxylation is 1. The van der Waals surface area contributed by atoms with Crippen molar-refractivity contribution in [3.8, 4) is 0 Å². The highest BCUT2D eigenvalue weighted by Crippen LogP contribution is 2.17. The Morgan fingerprint density at radius 2 is 2.00 bits per heavy atom. The summed E-state index contributed by atoms with van der Waals surface area (Å²) >= 11 is 7.35. The van der Waals surface area contributed by atoms with E-state index in [9.17, 15) is 4.79 Å². The van der Waals surface area contributed by atoms with E-state index in [-0.39, 0.29) is 5.56 Å². The van der Waals surface area contributed by atoms with Gasteiger partial charge >= 0.3 is 0 Å². The smallest absolute Gasteiger partial charge is 0.271 e. The van der Waals surface area contributed by atoms with Crippen LogP contribution in [0.5, 0.6) is 0 Å². The normalized spacial score (nSPS) is 14.3. The number of thiazole rings is 1. The van der Waals surface area contributed by atoms with Crippen molar-refractivity contribution in [1.82, 2.24) is 4.57 Å². The van der Waals surface area contributed by atoms with Gasteiger partial charge in [-0.15, -0.1) is 0 Å². The third kappa shape index (κ3) is 3.25. The van der Waals surface area contributed by atoms with Crippen LogP contribution in [-0.2, 0) is 6.67 Å². The molecule has 2 heterocycles. The van der Waals surface area contributed by atoms with Gasteiger partial charge in [0.05, 0.1) is 4.53 Å². The lowest BCUT2D eigenvalue weighted by molar-refractivity contribution is 0.569. The van der Waals surface area contributed by atoms with E-state index < -0.39 is 0 Å². The molecule has 0 unspecified atom stereocenters. The molecule has 1 aliphatic heterocycles. The van der Waals surface area contributed by atoms with Crippen LogP contribution < -0.4 is 19.8 Å². The zero-order valence-electron chi connectivity index (χ0n) is 13.6. The molecule has 1 aromatic heterocycles. The molecule has 126 valence electrons. The first-order chi connectivity index (χ1) is 12.1. The molecular weight excluding hydrogens is 354 g/mol. The number of rotatable bonds is 2. The molecule has 0 atom stereocenters. The summed E-state index contributed by atoms with van der Waals surface area (Å²) in [4.78, 5) is 20.2. The van der Waals surface area contributed by atoms with Crippen LogP contribution in [0.2, 0.25) is 5.02 Å². The molecule has 0 spiro atoms. The Morgan fingerprint density at radius 1 is 1.20 bits per heavy atom. The zero-order valence-corrected chi connectivity index (χ0v) is 15.2. The van der Waals surface area contributed by atoms with E-state index in [1.54, 1.807) is 4.57 Å². The Bertz CT molecular complexity index is 1100. The Labute approximate surface area is 153 Å². The SMILES string of the molecule is Cc1cccc(N2CN=c3sc(=Cc4ccc(Cl)cc4)c(=O)n3C2)c1. The minimum absolute atomic E-state index is 0.00365. The summed E-state index contributed by atoms with van der Waals surface area (Å²) < 4.78 is 2.42. The molecule has 0 aliphatic carbocycles. The number of fused-ring (bicyclic) bond motifs is 1. The number of nitrogens with zero attached hydrogens (tertiary/aromatic N) is 3. The highest BCUT2D eigenvalue weighted by atomic mass is 35.5. The lowest BCUT2D eigenvalue weighted by atomic mass is 10.2. The number of hydrogen-bond acceptors (Lipinski definition) is 4. The Balaban J connectivity index is 1.71. The second-order valence-corrected chi connectivity index (χ2v) is 7.44. The minimum Gasteiger partial charge on any atom is -0.334 e. The van der Waals surface area contributed by atoms with Crippen LogP contribution in [0.1, 0.15) is 11.1 Å². The van der Waals surface area contributed by atoms with Gasteiger partial charge in [-0.25, -0.2) is 4.99 Å². The zero-order chi connectivity index (χ0) is 17.4. The summed E-state index contributed by atoms with van der Waals surface area (Å²) in [6, 6.07) is 15.7. The first-order valence-corrected chi connectivity index (χ1v) is 9.13. The predicted molar refractivity (Wildman–Crippen MR) is 103 cm³/mol. The minimum atomic E-state index is -0.00365. The molecule has 0 saturated carbocycles. The van der Waals surface area contributed by atoms with Crippen molar-refractivity contribution >= 4 is 34.7 Å². The maximum Gasteiger partial charge on any atom is 0.271 e. The van der Waals surface area contributed by atoms with Crippen LogP contribution in [0.15, 0.2) is 58.3 Å². The number of anilines is 1. The first kappa shape index (κ1) is 16.1. The summed E-state index contributed by atoms with van der Waals surface area (Å²) in [5, 5.41) is 0.683. The quantitative estimate of drug-likeness (QED) is 0.696. The van der Waals surface area contributed by atoms with E-state index in [1.807, 2.05) is 42.5 Å². The fraction of sp³-hybridized carbons (Fsp3) is 0.158. The molecule has 1 aliphatic rings. The summed E-state index contributed by atoms with van der Waals surface area (Å²) in [6.45, 7) is 3.14. The number of hydrogen-bond donors (Lipinski definition) is 0. The van der Waals surface area contributed by atoms with Crippen molar-refractivity contribution in [2.45, 2.75) is 13.6 Å². The molecule has 0 fully saturated rings. The molecule has 2 aromatic carbocycles. The van der Waals surface area contributed by atoms with Crippen molar-refractivity contribution in [3.63, 3.8) is 0 Å². The van der Waals surface area contributed by atoms with Crippen LogP contribution in [0.25, 0.3) is 6.08 Å². The van der Waals surface area contributed by atoms with Crippen molar-refractivity contribution in [1.29, 1.82) is 0 Å². The molecule has 4 rings (SSSR count). The average Bonchev–Trinajstić information content (AvgIpc) is 2.92. The van der Waals surface area contributed by atoms with Crippen LogP contribution in [-0.4, -0.2) is 11.2 Å². The monoisotopic (exact) mass is 369 g/mol. The molecule has 4 nitrogen and oxygen atoms in total. The van der Waals surface area contributed by atoms with Gasteiger partial charge in [-0.05, 0) is 48.4 Å². The standard InChI is InChI=1S/C19H16ClN3OS/c1-13-3-2-4-16(9-13)22-11-21-19-23(12-22)18(24)17(25-19)10-14-5-7-15(20)8-6-14/h2-10H,11-12H2,1H3. The van der Waals surface area contributed by atoms with Gasteiger partial charge in [-0.1, -0.05) is 47.2 Å². The number of halogens is 1. The van der Waals surface area contributed by atoms with Crippen LogP contribution >= 0.6 is 22.9 Å². The van der Waals surface area contributed by atoms with E-state index in [0.29, 0.717) is 22.9 Å². The third-order valence-electron chi connectivity index (χ3n) is 4.11. The van der Waals surface area contributed by atoms with E-state index >= 15 is 0 Å². The van der Waals surface area contributed by atoms with Crippen molar-refractivity contribution in [2.75, 3.05) is 11.6 Å². The summed E-state index contributed by atoms with van der Waals surface area (Å²) in [7, 11) is 0.